The molecule has 2 heterocycles. The highest BCUT2D eigenvalue weighted by molar-refractivity contribution is 7.90. The zero-order chi connectivity index (χ0) is 18.8. The number of aryl methyl sites for hydroxylation is 4. The molecule has 2 aromatic rings. The van der Waals surface area contributed by atoms with Crippen molar-refractivity contribution in [3.05, 3.63) is 31.6 Å². The van der Waals surface area contributed by atoms with E-state index in [1.54, 1.807) is 26.0 Å². The van der Waals surface area contributed by atoms with Gasteiger partial charge in [0, 0.05) is 32.6 Å². The number of rotatable bonds is 8. The standard InChI is InChI=1S/C15H22N2O4S4/c1-10-8-14(12(3)22-10)24(18,19)16-6-5-7-17-25(20,21)15-9-11(2)23-13(15)4/h8-9,16-17H,5-7H2,1-4H3. The molecule has 0 spiro atoms. The zero-order valence-corrected chi connectivity index (χ0v) is 17.8. The van der Waals surface area contributed by atoms with Gasteiger partial charge in [-0.3, -0.25) is 0 Å². The minimum absolute atomic E-state index is 0.167. The molecule has 25 heavy (non-hydrogen) atoms. The second-order valence-corrected chi connectivity index (χ2v) is 12.1. The summed E-state index contributed by atoms with van der Waals surface area (Å²) in [6, 6.07) is 3.29. The highest BCUT2D eigenvalue weighted by Crippen LogP contribution is 2.25. The third-order valence-corrected chi connectivity index (χ3v) is 8.87. The average molecular weight is 423 g/mol. The summed E-state index contributed by atoms with van der Waals surface area (Å²) in [6.07, 6.45) is 0.364. The number of hydrogen-bond acceptors (Lipinski definition) is 6. The second-order valence-electron chi connectivity index (χ2n) is 5.70. The summed E-state index contributed by atoms with van der Waals surface area (Å²) >= 11 is 2.87. The second kappa shape index (κ2) is 7.85. The van der Waals surface area contributed by atoms with E-state index in [1.807, 2.05) is 13.8 Å². The van der Waals surface area contributed by atoms with Crippen LogP contribution in [0.1, 0.15) is 25.9 Å². The van der Waals surface area contributed by atoms with Crippen molar-refractivity contribution < 1.29 is 16.8 Å². The van der Waals surface area contributed by atoms with Crippen molar-refractivity contribution in [3.8, 4) is 0 Å². The van der Waals surface area contributed by atoms with Crippen LogP contribution < -0.4 is 9.44 Å². The van der Waals surface area contributed by atoms with Crippen molar-refractivity contribution in [2.45, 2.75) is 43.9 Å². The Morgan fingerprint density at radius 2 is 1.12 bits per heavy atom. The highest BCUT2D eigenvalue weighted by atomic mass is 32.2. The zero-order valence-electron chi connectivity index (χ0n) is 14.5. The summed E-state index contributed by atoms with van der Waals surface area (Å²) in [4.78, 5) is 3.95. The third-order valence-electron chi connectivity index (χ3n) is 3.51. The minimum atomic E-state index is -3.56. The van der Waals surface area contributed by atoms with E-state index in [9.17, 15) is 16.8 Å². The molecule has 0 unspecified atom stereocenters. The van der Waals surface area contributed by atoms with Crippen LogP contribution in [0.4, 0.5) is 0 Å². The normalized spacial score (nSPS) is 12.6. The molecule has 6 nitrogen and oxygen atoms in total. The van der Waals surface area contributed by atoms with Crippen LogP contribution in [0.5, 0.6) is 0 Å². The Bertz CT molecular complexity index is 878. The summed E-state index contributed by atoms with van der Waals surface area (Å²) in [6.45, 7) is 7.60. The smallest absolute Gasteiger partial charge is 0.211 e. The molecule has 140 valence electrons. The first-order valence-corrected chi connectivity index (χ1v) is 12.3. The highest BCUT2D eigenvalue weighted by Gasteiger charge is 2.20. The van der Waals surface area contributed by atoms with Crippen LogP contribution >= 0.6 is 22.7 Å². The van der Waals surface area contributed by atoms with Crippen molar-refractivity contribution in [1.82, 2.24) is 9.44 Å². The van der Waals surface area contributed by atoms with Gasteiger partial charge in [0.1, 0.15) is 0 Å². The first-order valence-electron chi connectivity index (χ1n) is 7.66. The molecular formula is C15H22N2O4S4. The third kappa shape index (κ3) is 5.11. The summed E-state index contributed by atoms with van der Waals surface area (Å²) in [5.41, 5.74) is 0. The van der Waals surface area contributed by atoms with Gasteiger partial charge in [-0.2, -0.15) is 0 Å². The molecule has 0 amide bonds. The maximum atomic E-state index is 12.3. The fourth-order valence-corrected chi connectivity index (χ4v) is 7.66. The number of sulfonamides is 2. The van der Waals surface area contributed by atoms with Crippen molar-refractivity contribution in [2.75, 3.05) is 13.1 Å². The van der Waals surface area contributed by atoms with Gasteiger partial charge < -0.3 is 0 Å². The maximum Gasteiger partial charge on any atom is 0.241 e. The molecular weight excluding hydrogens is 400 g/mol. The van der Waals surface area contributed by atoms with E-state index < -0.39 is 20.0 Å². The molecule has 0 saturated heterocycles. The van der Waals surface area contributed by atoms with E-state index in [1.165, 1.54) is 22.7 Å². The lowest BCUT2D eigenvalue weighted by Crippen LogP contribution is -2.30. The van der Waals surface area contributed by atoms with Crippen molar-refractivity contribution in [3.63, 3.8) is 0 Å². The topological polar surface area (TPSA) is 92.3 Å². The summed E-state index contributed by atoms with van der Waals surface area (Å²) < 4.78 is 54.0. The van der Waals surface area contributed by atoms with Gasteiger partial charge in [-0.25, -0.2) is 26.3 Å². The fourth-order valence-electron chi connectivity index (χ4n) is 2.41. The Hall–Kier alpha value is -0.780. The number of nitrogens with one attached hydrogen (secondary N) is 2. The van der Waals surface area contributed by atoms with E-state index >= 15 is 0 Å². The molecule has 2 N–H and O–H groups in total. The molecule has 0 radical (unpaired) electrons. The largest absolute Gasteiger partial charge is 0.241 e. The van der Waals surface area contributed by atoms with E-state index in [2.05, 4.69) is 9.44 Å². The van der Waals surface area contributed by atoms with Crippen molar-refractivity contribution >= 4 is 42.7 Å². The molecule has 10 heteroatoms. The lowest BCUT2D eigenvalue weighted by molar-refractivity contribution is 0.572. The van der Waals surface area contributed by atoms with Gasteiger partial charge in [-0.15, -0.1) is 22.7 Å². The predicted octanol–water partition coefficient (Wildman–Crippen LogP) is 2.69. The molecule has 0 aliphatic carbocycles. The van der Waals surface area contributed by atoms with Gasteiger partial charge in [-0.1, -0.05) is 0 Å². The van der Waals surface area contributed by atoms with Crippen molar-refractivity contribution in [1.29, 1.82) is 0 Å². The van der Waals surface area contributed by atoms with Gasteiger partial charge in [-0.05, 0) is 46.2 Å². The van der Waals surface area contributed by atoms with Crippen LogP contribution in [-0.2, 0) is 20.0 Å². The number of hydrogen-bond donors (Lipinski definition) is 2. The predicted molar refractivity (Wildman–Crippen MR) is 103 cm³/mol. The van der Waals surface area contributed by atoms with Gasteiger partial charge >= 0.3 is 0 Å². The van der Waals surface area contributed by atoms with E-state index in [4.69, 9.17) is 0 Å². The Morgan fingerprint density at radius 3 is 1.40 bits per heavy atom. The van der Waals surface area contributed by atoms with Crippen LogP contribution in [0.15, 0.2) is 21.9 Å². The summed E-state index contributed by atoms with van der Waals surface area (Å²) in [5, 5.41) is 0. The molecule has 0 bridgehead atoms. The lowest BCUT2D eigenvalue weighted by atomic mass is 10.4. The Balaban J connectivity index is 1.87. The van der Waals surface area contributed by atoms with Gasteiger partial charge in [0.2, 0.25) is 20.0 Å². The molecule has 0 aromatic carbocycles. The monoisotopic (exact) mass is 422 g/mol. The lowest BCUT2D eigenvalue weighted by Gasteiger charge is -2.08. The van der Waals surface area contributed by atoms with E-state index in [-0.39, 0.29) is 13.1 Å². The molecule has 0 saturated carbocycles. The molecule has 2 rings (SSSR count). The first-order chi connectivity index (χ1) is 11.5. The molecule has 2 aromatic heterocycles. The van der Waals surface area contributed by atoms with Gasteiger partial charge in [0.15, 0.2) is 0 Å². The number of thiophene rings is 2. The average Bonchev–Trinajstić information content (AvgIpc) is 3.00. The Labute approximate surface area is 157 Å². The first kappa shape index (κ1) is 20.5. The SMILES string of the molecule is Cc1cc(S(=O)(=O)NCCCNS(=O)(=O)c2cc(C)sc2C)c(C)s1. The van der Waals surface area contributed by atoms with E-state index in [0.29, 0.717) is 16.2 Å². The van der Waals surface area contributed by atoms with Gasteiger partial charge in [0.25, 0.3) is 0 Å². The molecule has 0 aliphatic heterocycles. The molecule has 0 fully saturated rings. The van der Waals surface area contributed by atoms with Crippen LogP contribution in [0.3, 0.4) is 0 Å². The Kier molecular flexibility index (Phi) is 6.45. The maximum absolute atomic E-state index is 12.3. The summed E-state index contributed by atoms with van der Waals surface area (Å²) in [7, 11) is -7.11. The minimum Gasteiger partial charge on any atom is -0.211 e. The molecule has 0 atom stereocenters. The fraction of sp³-hybridized carbons (Fsp3) is 0.467. The Morgan fingerprint density at radius 1 is 0.760 bits per heavy atom. The molecule has 0 aliphatic rings. The quantitative estimate of drug-likeness (QED) is 0.640. The van der Waals surface area contributed by atoms with Crippen LogP contribution in [0.25, 0.3) is 0 Å². The van der Waals surface area contributed by atoms with Crippen LogP contribution in [0, 0.1) is 27.7 Å². The van der Waals surface area contributed by atoms with Crippen LogP contribution in [0.2, 0.25) is 0 Å². The van der Waals surface area contributed by atoms with Crippen LogP contribution in [-0.4, -0.2) is 29.9 Å². The van der Waals surface area contributed by atoms with E-state index in [0.717, 1.165) is 19.5 Å². The van der Waals surface area contributed by atoms with Gasteiger partial charge in [0.05, 0.1) is 9.79 Å². The summed E-state index contributed by atoms with van der Waals surface area (Å²) in [5.74, 6) is 0. The van der Waals surface area contributed by atoms with Crippen molar-refractivity contribution in [2.24, 2.45) is 0 Å².